The maximum Gasteiger partial charge on any atom is 0.164 e. The van der Waals surface area contributed by atoms with E-state index in [-0.39, 0.29) is 5.82 Å². The highest BCUT2D eigenvalue weighted by Gasteiger charge is 2.18. The zero-order valence-corrected chi connectivity index (χ0v) is 13.8. The van der Waals surface area contributed by atoms with Crippen LogP contribution in [0, 0.1) is 5.82 Å². The second-order valence-corrected chi connectivity index (χ2v) is 6.04. The molecule has 0 unspecified atom stereocenters. The van der Waals surface area contributed by atoms with E-state index in [1.54, 1.807) is 22.8 Å². The van der Waals surface area contributed by atoms with Crippen LogP contribution in [0.4, 0.5) is 4.39 Å². The predicted molar refractivity (Wildman–Crippen MR) is 86.0 cm³/mol. The third-order valence-corrected chi connectivity index (χ3v) is 4.05. The second-order valence-electron chi connectivity index (χ2n) is 4.37. The molecule has 108 valence electrons. The van der Waals surface area contributed by atoms with Gasteiger partial charge in [0.1, 0.15) is 17.2 Å². The van der Waals surface area contributed by atoms with Crippen molar-refractivity contribution >= 4 is 50.3 Å². The Kier molecular flexibility index (Phi) is 4.15. The van der Waals surface area contributed by atoms with Crippen molar-refractivity contribution in [3.8, 4) is 5.69 Å². The molecule has 0 aliphatic carbocycles. The van der Waals surface area contributed by atoms with Crippen LogP contribution in [0.5, 0.6) is 0 Å². The monoisotopic (exact) mass is 387 g/mol. The van der Waals surface area contributed by atoms with E-state index in [0.717, 1.165) is 0 Å². The number of halogens is 4. The molecule has 0 saturated carbocycles. The third kappa shape index (κ3) is 2.65. The van der Waals surface area contributed by atoms with Gasteiger partial charge in [0.25, 0.3) is 0 Å². The standard InChI is InChI=1S/C14H9BrCl2FN3/c15-9-2-1-3-10(18)13(9)21-12(4-5-16)20-11-6-8(17)7-19-14(11)21/h1-3,6-7H,4-5H2. The highest BCUT2D eigenvalue weighted by atomic mass is 79.9. The quantitative estimate of drug-likeness (QED) is 0.605. The fraction of sp³-hybridized carbons (Fsp3) is 0.143. The van der Waals surface area contributed by atoms with Crippen molar-refractivity contribution in [1.29, 1.82) is 0 Å². The van der Waals surface area contributed by atoms with Gasteiger partial charge in [-0.15, -0.1) is 11.6 Å². The lowest BCUT2D eigenvalue weighted by Gasteiger charge is -2.11. The van der Waals surface area contributed by atoms with Gasteiger partial charge >= 0.3 is 0 Å². The first-order valence-corrected chi connectivity index (χ1v) is 7.85. The van der Waals surface area contributed by atoms with Crippen molar-refractivity contribution in [2.24, 2.45) is 0 Å². The smallest absolute Gasteiger partial charge is 0.164 e. The van der Waals surface area contributed by atoms with Crippen LogP contribution >= 0.6 is 39.1 Å². The maximum absolute atomic E-state index is 14.3. The molecule has 0 amide bonds. The van der Waals surface area contributed by atoms with Crippen molar-refractivity contribution < 1.29 is 4.39 Å². The molecule has 0 saturated heterocycles. The van der Waals surface area contributed by atoms with Crippen LogP contribution in [0.2, 0.25) is 5.02 Å². The van der Waals surface area contributed by atoms with Gasteiger partial charge in [0, 0.05) is 23.0 Å². The van der Waals surface area contributed by atoms with Gasteiger partial charge in [-0.25, -0.2) is 14.4 Å². The molecule has 0 bridgehead atoms. The van der Waals surface area contributed by atoms with Gasteiger partial charge in [0.05, 0.1) is 10.7 Å². The molecule has 0 fully saturated rings. The molecule has 2 aromatic heterocycles. The van der Waals surface area contributed by atoms with Crippen LogP contribution in [0.15, 0.2) is 34.9 Å². The first kappa shape index (κ1) is 14.8. The molecular weight excluding hydrogens is 380 g/mol. The van der Waals surface area contributed by atoms with Crippen molar-refractivity contribution in [2.45, 2.75) is 6.42 Å². The highest BCUT2D eigenvalue weighted by Crippen LogP contribution is 2.29. The molecule has 0 radical (unpaired) electrons. The zero-order valence-electron chi connectivity index (χ0n) is 10.7. The normalized spacial score (nSPS) is 11.2. The van der Waals surface area contributed by atoms with E-state index in [1.807, 2.05) is 0 Å². The second kappa shape index (κ2) is 5.91. The summed E-state index contributed by atoms with van der Waals surface area (Å²) in [6.07, 6.45) is 2.01. The molecule has 0 aliphatic rings. The summed E-state index contributed by atoms with van der Waals surface area (Å²) >= 11 is 15.2. The van der Waals surface area contributed by atoms with Gasteiger partial charge in [-0.2, -0.15) is 0 Å². The molecule has 3 rings (SSSR count). The van der Waals surface area contributed by atoms with Gasteiger partial charge in [-0.1, -0.05) is 17.7 Å². The minimum absolute atomic E-state index is 0.365. The Bertz CT molecular complexity index is 799. The van der Waals surface area contributed by atoms with Crippen molar-refractivity contribution in [2.75, 3.05) is 5.88 Å². The summed E-state index contributed by atoms with van der Waals surface area (Å²) in [5.41, 5.74) is 1.53. The van der Waals surface area contributed by atoms with E-state index in [2.05, 4.69) is 25.9 Å². The molecule has 0 aliphatic heterocycles. The summed E-state index contributed by atoms with van der Waals surface area (Å²) in [4.78, 5) is 8.75. The number of hydrogen-bond donors (Lipinski definition) is 0. The minimum Gasteiger partial charge on any atom is -0.277 e. The number of benzene rings is 1. The molecule has 3 aromatic rings. The summed E-state index contributed by atoms with van der Waals surface area (Å²) in [6.45, 7) is 0. The number of hydrogen-bond acceptors (Lipinski definition) is 2. The van der Waals surface area contributed by atoms with E-state index in [1.165, 1.54) is 12.3 Å². The molecule has 7 heteroatoms. The summed E-state index contributed by atoms with van der Waals surface area (Å²) in [6, 6.07) is 6.50. The van der Waals surface area contributed by atoms with E-state index >= 15 is 0 Å². The average molecular weight is 389 g/mol. The van der Waals surface area contributed by atoms with E-state index in [0.29, 0.717) is 44.5 Å². The summed E-state index contributed by atoms with van der Waals surface area (Å²) < 4.78 is 16.6. The summed E-state index contributed by atoms with van der Waals surface area (Å²) in [7, 11) is 0. The molecule has 1 aromatic carbocycles. The van der Waals surface area contributed by atoms with Gasteiger partial charge in [-0.3, -0.25) is 4.57 Å². The Balaban J connectivity index is 2.36. The largest absolute Gasteiger partial charge is 0.277 e. The first-order valence-electron chi connectivity index (χ1n) is 6.15. The van der Waals surface area contributed by atoms with Crippen LogP contribution < -0.4 is 0 Å². The average Bonchev–Trinajstić information content (AvgIpc) is 2.77. The fourth-order valence-corrected chi connectivity index (χ4v) is 3.02. The number of rotatable bonds is 3. The van der Waals surface area contributed by atoms with E-state index in [9.17, 15) is 4.39 Å². The molecule has 3 nitrogen and oxygen atoms in total. The third-order valence-electron chi connectivity index (χ3n) is 3.01. The molecule has 2 heterocycles. The van der Waals surface area contributed by atoms with E-state index < -0.39 is 0 Å². The van der Waals surface area contributed by atoms with Gasteiger partial charge in [0.2, 0.25) is 0 Å². The van der Waals surface area contributed by atoms with Crippen LogP contribution in [0.1, 0.15) is 5.82 Å². The minimum atomic E-state index is -0.365. The number of fused-ring (bicyclic) bond motifs is 1. The van der Waals surface area contributed by atoms with Gasteiger partial charge < -0.3 is 0 Å². The number of aryl methyl sites for hydroxylation is 1. The Morgan fingerprint density at radius 3 is 2.86 bits per heavy atom. The van der Waals surface area contributed by atoms with Crippen LogP contribution in [0.3, 0.4) is 0 Å². The molecular formula is C14H9BrCl2FN3. The lowest BCUT2D eigenvalue weighted by atomic mass is 10.3. The van der Waals surface area contributed by atoms with Crippen molar-refractivity contribution in [3.63, 3.8) is 0 Å². The number of imidazole rings is 1. The lowest BCUT2D eigenvalue weighted by Crippen LogP contribution is -2.06. The zero-order chi connectivity index (χ0) is 15.0. The van der Waals surface area contributed by atoms with Gasteiger partial charge in [-0.05, 0) is 34.1 Å². The molecule has 21 heavy (non-hydrogen) atoms. The van der Waals surface area contributed by atoms with Crippen LogP contribution in [-0.2, 0) is 6.42 Å². The topological polar surface area (TPSA) is 30.7 Å². The Morgan fingerprint density at radius 1 is 1.33 bits per heavy atom. The lowest BCUT2D eigenvalue weighted by molar-refractivity contribution is 0.615. The van der Waals surface area contributed by atoms with Gasteiger partial charge in [0.15, 0.2) is 5.65 Å². The number of pyridine rings is 1. The van der Waals surface area contributed by atoms with Crippen molar-refractivity contribution in [1.82, 2.24) is 14.5 Å². The summed E-state index contributed by atoms with van der Waals surface area (Å²) in [5, 5.41) is 0.483. The number of alkyl halides is 1. The number of nitrogens with zero attached hydrogens (tertiary/aromatic N) is 3. The van der Waals surface area contributed by atoms with Crippen molar-refractivity contribution in [3.05, 3.63) is 51.6 Å². The van der Waals surface area contributed by atoms with Crippen LogP contribution in [-0.4, -0.2) is 20.4 Å². The Hall–Kier alpha value is -1.17. The van der Waals surface area contributed by atoms with Crippen LogP contribution in [0.25, 0.3) is 16.9 Å². The number of aromatic nitrogens is 3. The molecule has 0 spiro atoms. The number of para-hydroxylation sites is 1. The molecule has 0 N–H and O–H groups in total. The predicted octanol–water partition coefficient (Wildman–Crippen LogP) is 4.76. The maximum atomic E-state index is 14.3. The van der Waals surface area contributed by atoms with E-state index in [4.69, 9.17) is 23.2 Å². The fourth-order valence-electron chi connectivity index (χ4n) is 2.18. The highest BCUT2D eigenvalue weighted by molar-refractivity contribution is 9.10. The SMILES string of the molecule is Fc1cccc(Br)c1-n1c(CCCl)nc2cc(Cl)cnc21. The molecule has 0 atom stereocenters. The Morgan fingerprint density at radius 2 is 2.14 bits per heavy atom. The Labute approximate surface area is 138 Å². The summed E-state index contributed by atoms with van der Waals surface area (Å²) in [5.74, 6) is 0.653. The first-order chi connectivity index (χ1) is 10.1.